The summed E-state index contributed by atoms with van der Waals surface area (Å²) in [7, 11) is 1.36. The fourth-order valence-electron chi connectivity index (χ4n) is 2.61. The van der Waals surface area contributed by atoms with Gasteiger partial charge in [0.25, 0.3) is 0 Å². The van der Waals surface area contributed by atoms with Crippen LogP contribution in [0.2, 0.25) is 0 Å². The number of hydrogen-bond donors (Lipinski definition) is 0. The third-order valence-corrected chi connectivity index (χ3v) is 3.63. The van der Waals surface area contributed by atoms with Crippen molar-refractivity contribution in [2.24, 2.45) is 11.8 Å². The average Bonchev–Trinajstić information content (AvgIpc) is 2.73. The van der Waals surface area contributed by atoms with Gasteiger partial charge < -0.3 is 4.74 Å². The van der Waals surface area contributed by atoms with E-state index in [1.165, 1.54) is 12.7 Å². The van der Waals surface area contributed by atoms with E-state index in [1.54, 1.807) is 0 Å². The van der Waals surface area contributed by atoms with Crippen LogP contribution in [-0.2, 0) is 20.7 Å². The molecule has 0 radical (unpaired) electrons. The lowest BCUT2D eigenvalue weighted by Crippen LogP contribution is -2.19. The van der Waals surface area contributed by atoms with Crippen molar-refractivity contribution in [2.45, 2.75) is 25.7 Å². The Morgan fingerprint density at radius 2 is 1.89 bits per heavy atom. The standard InChI is InChI=1S/C15H18O3/c1-18-14(16)10-13-8-7-12(15(13)17)9-11-5-3-2-4-6-11/h2-6,12-13H,7-10H2,1H3/t12-,13-/m1/s1. The summed E-state index contributed by atoms with van der Waals surface area (Å²) in [5.41, 5.74) is 1.19. The van der Waals surface area contributed by atoms with E-state index in [0.717, 1.165) is 19.3 Å². The number of Topliss-reactive ketones (excluding diaryl/α,β-unsaturated/α-hetero) is 1. The molecule has 0 heterocycles. The van der Waals surface area contributed by atoms with Crippen LogP contribution in [0.1, 0.15) is 24.8 Å². The Morgan fingerprint density at radius 1 is 1.22 bits per heavy atom. The second kappa shape index (κ2) is 5.80. The summed E-state index contributed by atoms with van der Waals surface area (Å²) < 4.78 is 4.62. The lowest BCUT2D eigenvalue weighted by molar-refractivity contribution is -0.143. The molecule has 18 heavy (non-hydrogen) atoms. The average molecular weight is 246 g/mol. The smallest absolute Gasteiger partial charge is 0.306 e. The molecule has 1 fully saturated rings. The molecule has 1 aliphatic rings. The molecule has 0 N–H and O–H groups in total. The van der Waals surface area contributed by atoms with Gasteiger partial charge in [0, 0.05) is 11.8 Å². The van der Waals surface area contributed by atoms with E-state index in [0.29, 0.717) is 0 Å². The molecule has 0 bridgehead atoms. The molecular formula is C15H18O3. The molecule has 0 aromatic heterocycles. The van der Waals surface area contributed by atoms with Crippen molar-refractivity contribution in [2.75, 3.05) is 7.11 Å². The molecule has 3 nitrogen and oxygen atoms in total. The molecule has 0 saturated heterocycles. The molecule has 0 amide bonds. The number of benzene rings is 1. The second-order valence-electron chi connectivity index (χ2n) is 4.84. The zero-order chi connectivity index (χ0) is 13.0. The number of ketones is 1. The van der Waals surface area contributed by atoms with Gasteiger partial charge in [0.15, 0.2) is 0 Å². The Balaban J connectivity index is 1.93. The van der Waals surface area contributed by atoms with Crippen molar-refractivity contribution in [1.82, 2.24) is 0 Å². The lowest BCUT2D eigenvalue weighted by atomic mass is 9.94. The van der Waals surface area contributed by atoms with E-state index < -0.39 is 0 Å². The summed E-state index contributed by atoms with van der Waals surface area (Å²) in [4.78, 5) is 23.4. The normalized spacial score (nSPS) is 23.1. The highest BCUT2D eigenvalue weighted by Gasteiger charge is 2.35. The van der Waals surface area contributed by atoms with E-state index >= 15 is 0 Å². The first-order valence-corrected chi connectivity index (χ1v) is 6.35. The molecule has 1 aliphatic carbocycles. The Kier molecular flexibility index (Phi) is 4.13. The Labute approximate surface area is 107 Å². The van der Waals surface area contributed by atoms with Crippen molar-refractivity contribution in [1.29, 1.82) is 0 Å². The van der Waals surface area contributed by atoms with Crippen molar-refractivity contribution in [3.8, 4) is 0 Å². The fraction of sp³-hybridized carbons (Fsp3) is 0.467. The molecule has 1 saturated carbocycles. The minimum atomic E-state index is -0.284. The van der Waals surface area contributed by atoms with Crippen LogP contribution in [0.3, 0.4) is 0 Å². The fourth-order valence-corrected chi connectivity index (χ4v) is 2.61. The number of hydrogen-bond acceptors (Lipinski definition) is 3. The highest BCUT2D eigenvalue weighted by molar-refractivity contribution is 5.89. The Morgan fingerprint density at radius 3 is 2.56 bits per heavy atom. The SMILES string of the molecule is COC(=O)C[C@H]1CC[C@H](Cc2ccccc2)C1=O. The van der Waals surface area contributed by atoms with Crippen LogP contribution in [0.15, 0.2) is 30.3 Å². The van der Waals surface area contributed by atoms with Gasteiger partial charge in [-0.1, -0.05) is 30.3 Å². The molecule has 0 aliphatic heterocycles. The zero-order valence-corrected chi connectivity index (χ0v) is 10.6. The van der Waals surface area contributed by atoms with Gasteiger partial charge in [-0.2, -0.15) is 0 Å². The van der Waals surface area contributed by atoms with E-state index in [-0.39, 0.29) is 30.0 Å². The predicted molar refractivity (Wildman–Crippen MR) is 68.0 cm³/mol. The Bertz CT molecular complexity index is 425. The minimum Gasteiger partial charge on any atom is -0.469 e. The summed E-state index contributed by atoms with van der Waals surface area (Å²) in [5, 5.41) is 0. The van der Waals surface area contributed by atoms with Gasteiger partial charge in [-0.25, -0.2) is 0 Å². The maximum Gasteiger partial charge on any atom is 0.306 e. The number of esters is 1. The third-order valence-electron chi connectivity index (χ3n) is 3.63. The highest BCUT2D eigenvalue weighted by atomic mass is 16.5. The summed E-state index contributed by atoms with van der Waals surface area (Å²) in [6.45, 7) is 0. The summed E-state index contributed by atoms with van der Waals surface area (Å²) in [6.07, 6.45) is 2.72. The van der Waals surface area contributed by atoms with E-state index in [9.17, 15) is 9.59 Å². The summed E-state index contributed by atoms with van der Waals surface area (Å²) >= 11 is 0. The molecule has 96 valence electrons. The topological polar surface area (TPSA) is 43.4 Å². The number of rotatable bonds is 4. The van der Waals surface area contributed by atoms with Crippen LogP contribution in [0.5, 0.6) is 0 Å². The first kappa shape index (κ1) is 12.8. The van der Waals surface area contributed by atoms with Crippen molar-refractivity contribution < 1.29 is 14.3 Å². The van der Waals surface area contributed by atoms with E-state index in [4.69, 9.17) is 0 Å². The van der Waals surface area contributed by atoms with Gasteiger partial charge in [0.1, 0.15) is 5.78 Å². The quantitative estimate of drug-likeness (QED) is 0.766. The van der Waals surface area contributed by atoms with Crippen LogP contribution in [0.25, 0.3) is 0 Å². The third kappa shape index (κ3) is 2.97. The summed E-state index contributed by atoms with van der Waals surface area (Å²) in [5.74, 6) is -0.119. The lowest BCUT2D eigenvalue weighted by Gasteiger charge is -2.10. The molecular weight excluding hydrogens is 228 g/mol. The van der Waals surface area contributed by atoms with E-state index in [1.807, 2.05) is 30.3 Å². The van der Waals surface area contributed by atoms with Crippen LogP contribution in [0, 0.1) is 11.8 Å². The Hall–Kier alpha value is -1.64. The highest BCUT2D eigenvalue weighted by Crippen LogP contribution is 2.32. The molecule has 1 aromatic carbocycles. The van der Waals surface area contributed by atoms with Gasteiger partial charge >= 0.3 is 5.97 Å². The van der Waals surface area contributed by atoms with E-state index in [2.05, 4.69) is 4.74 Å². The van der Waals surface area contributed by atoms with Gasteiger partial charge in [0.05, 0.1) is 13.5 Å². The maximum atomic E-state index is 12.2. The largest absolute Gasteiger partial charge is 0.469 e. The first-order valence-electron chi connectivity index (χ1n) is 6.35. The predicted octanol–water partition coefficient (Wildman–Crippen LogP) is 2.39. The minimum absolute atomic E-state index is 0.0713. The van der Waals surface area contributed by atoms with Crippen LogP contribution < -0.4 is 0 Å². The molecule has 2 atom stereocenters. The van der Waals surface area contributed by atoms with Gasteiger partial charge in [-0.15, -0.1) is 0 Å². The molecule has 3 heteroatoms. The summed E-state index contributed by atoms with van der Waals surface area (Å²) in [6, 6.07) is 10.0. The molecule has 0 spiro atoms. The van der Waals surface area contributed by atoms with Crippen LogP contribution >= 0.6 is 0 Å². The zero-order valence-electron chi connectivity index (χ0n) is 10.6. The van der Waals surface area contributed by atoms with Crippen LogP contribution in [-0.4, -0.2) is 18.9 Å². The number of methoxy groups -OCH3 is 1. The van der Waals surface area contributed by atoms with Gasteiger partial charge in [-0.3, -0.25) is 9.59 Å². The van der Waals surface area contributed by atoms with Gasteiger partial charge in [-0.05, 0) is 24.8 Å². The second-order valence-corrected chi connectivity index (χ2v) is 4.84. The monoisotopic (exact) mass is 246 g/mol. The number of ether oxygens (including phenoxy) is 1. The number of carbonyl (C=O) groups is 2. The maximum absolute atomic E-state index is 12.2. The first-order chi connectivity index (χ1) is 8.70. The molecule has 1 aromatic rings. The number of carbonyl (C=O) groups excluding carboxylic acids is 2. The molecule has 2 rings (SSSR count). The molecule has 0 unspecified atom stereocenters. The van der Waals surface area contributed by atoms with Gasteiger partial charge in [0.2, 0.25) is 0 Å². The van der Waals surface area contributed by atoms with Crippen molar-refractivity contribution >= 4 is 11.8 Å². The van der Waals surface area contributed by atoms with Crippen LogP contribution in [0.4, 0.5) is 0 Å². The van der Waals surface area contributed by atoms with Crippen molar-refractivity contribution in [3.05, 3.63) is 35.9 Å². The van der Waals surface area contributed by atoms with Crippen molar-refractivity contribution in [3.63, 3.8) is 0 Å².